The Balaban J connectivity index is 1.61. The minimum atomic E-state index is -0.0661. The van der Waals surface area contributed by atoms with E-state index in [4.69, 9.17) is 0 Å². The maximum absolute atomic E-state index is 12.0. The highest BCUT2D eigenvalue weighted by Crippen LogP contribution is 2.28. The van der Waals surface area contributed by atoms with E-state index in [1.807, 2.05) is 17.7 Å². The van der Waals surface area contributed by atoms with Crippen molar-refractivity contribution in [3.05, 3.63) is 40.8 Å². The fourth-order valence-corrected chi connectivity index (χ4v) is 2.12. The first-order chi connectivity index (χ1) is 9.72. The largest absolute Gasteiger partial charge is 0.383 e. The van der Waals surface area contributed by atoms with Crippen LogP contribution in [0.25, 0.3) is 0 Å². The Kier molecular flexibility index (Phi) is 3.54. The Labute approximate surface area is 117 Å². The lowest BCUT2D eigenvalue weighted by Gasteiger charge is -2.09. The van der Waals surface area contributed by atoms with Gasteiger partial charge in [0, 0.05) is 31.5 Å². The molecule has 1 saturated carbocycles. The van der Waals surface area contributed by atoms with Crippen LogP contribution in [-0.2, 0) is 13.1 Å². The summed E-state index contributed by atoms with van der Waals surface area (Å²) in [6.07, 6.45) is 7.98. The molecule has 1 fully saturated rings. The summed E-state index contributed by atoms with van der Waals surface area (Å²) in [5.41, 5.74) is 0.750. The van der Waals surface area contributed by atoms with Crippen molar-refractivity contribution in [1.29, 1.82) is 0 Å². The molecule has 0 amide bonds. The fraction of sp³-hybridized carbons (Fsp3) is 0.500. The molecule has 6 heteroatoms. The molecule has 0 aromatic carbocycles. The highest BCUT2D eigenvalue weighted by Gasteiger charge is 2.20. The van der Waals surface area contributed by atoms with Gasteiger partial charge in [0.05, 0.1) is 18.4 Å². The molecule has 0 spiro atoms. The van der Waals surface area contributed by atoms with Crippen LogP contribution in [0, 0.1) is 12.8 Å². The Bertz CT molecular complexity index is 641. The second-order valence-corrected chi connectivity index (χ2v) is 5.30. The van der Waals surface area contributed by atoms with Crippen LogP contribution < -0.4 is 10.9 Å². The number of aromatic nitrogens is 4. The molecule has 0 atom stereocenters. The average molecular weight is 273 g/mol. The summed E-state index contributed by atoms with van der Waals surface area (Å²) in [7, 11) is 0. The zero-order valence-corrected chi connectivity index (χ0v) is 11.6. The topological polar surface area (TPSA) is 64.7 Å². The maximum atomic E-state index is 12.0. The molecule has 2 heterocycles. The number of hydrogen-bond acceptors (Lipinski definition) is 4. The number of nitrogens with one attached hydrogen (secondary N) is 1. The molecule has 3 rings (SSSR count). The third-order valence-corrected chi connectivity index (χ3v) is 3.64. The zero-order chi connectivity index (χ0) is 13.9. The minimum Gasteiger partial charge on any atom is -0.383 e. The van der Waals surface area contributed by atoms with Crippen molar-refractivity contribution in [3.63, 3.8) is 0 Å². The van der Waals surface area contributed by atoms with Crippen LogP contribution in [0.1, 0.15) is 18.7 Å². The first-order valence-electron chi connectivity index (χ1n) is 7.01. The Hall–Kier alpha value is -2.11. The molecular weight excluding hydrogens is 254 g/mol. The van der Waals surface area contributed by atoms with Gasteiger partial charge in [-0.25, -0.2) is 9.67 Å². The molecule has 2 aromatic heterocycles. The first-order valence-corrected chi connectivity index (χ1v) is 7.01. The van der Waals surface area contributed by atoms with E-state index in [9.17, 15) is 4.79 Å². The Morgan fingerprint density at radius 2 is 2.25 bits per heavy atom. The predicted molar refractivity (Wildman–Crippen MR) is 76.7 cm³/mol. The van der Waals surface area contributed by atoms with E-state index < -0.39 is 0 Å². The van der Waals surface area contributed by atoms with Crippen LogP contribution in [-0.4, -0.2) is 25.9 Å². The lowest BCUT2D eigenvalue weighted by atomic mass is 10.4. The fourth-order valence-electron chi connectivity index (χ4n) is 2.12. The van der Waals surface area contributed by atoms with E-state index in [2.05, 4.69) is 15.4 Å². The molecule has 0 unspecified atom stereocenters. The van der Waals surface area contributed by atoms with Crippen LogP contribution >= 0.6 is 0 Å². The van der Waals surface area contributed by atoms with Gasteiger partial charge in [-0.05, 0) is 25.7 Å². The molecule has 20 heavy (non-hydrogen) atoms. The van der Waals surface area contributed by atoms with Gasteiger partial charge in [0.2, 0.25) is 0 Å². The van der Waals surface area contributed by atoms with E-state index >= 15 is 0 Å². The lowest BCUT2D eigenvalue weighted by Crippen LogP contribution is -2.25. The van der Waals surface area contributed by atoms with Crippen molar-refractivity contribution in [1.82, 2.24) is 19.3 Å². The summed E-state index contributed by atoms with van der Waals surface area (Å²) in [5.74, 6) is 1.72. The number of hydrogen-bond donors (Lipinski definition) is 1. The first kappa shape index (κ1) is 12.9. The van der Waals surface area contributed by atoms with Crippen LogP contribution in [0.2, 0.25) is 0 Å². The van der Waals surface area contributed by atoms with Crippen molar-refractivity contribution in [2.24, 2.45) is 5.92 Å². The number of anilines is 1. The molecule has 106 valence electrons. The second-order valence-electron chi connectivity index (χ2n) is 5.30. The minimum absolute atomic E-state index is 0.0661. The van der Waals surface area contributed by atoms with Crippen molar-refractivity contribution >= 4 is 5.69 Å². The lowest BCUT2D eigenvalue weighted by molar-refractivity contribution is 0.504. The number of rotatable bonds is 6. The molecule has 0 saturated heterocycles. The van der Waals surface area contributed by atoms with Crippen molar-refractivity contribution < 1.29 is 0 Å². The van der Waals surface area contributed by atoms with E-state index in [1.165, 1.54) is 17.5 Å². The molecule has 0 aliphatic heterocycles. The highest BCUT2D eigenvalue weighted by molar-refractivity contribution is 5.38. The maximum Gasteiger partial charge on any atom is 0.268 e. The molecule has 6 nitrogen and oxygen atoms in total. The molecule has 1 aliphatic carbocycles. The SMILES string of the molecule is Cc1nccn1CCn1ncc(NCC2CC2)cc1=O. The molecule has 2 aromatic rings. The molecular formula is C14H19N5O. The standard InChI is InChI=1S/C14H19N5O/c1-11-15-4-5-18(11)6-7-19-14(20)8-13(10-17-19)16-9-12-2-3-12/h4-5,8,10,12,16H,2-3,6-7,9H2,1H3. The summed E-state index contributed by atoms with van der Waals surface area (Å²) in [6.45, 7) is 4.15. The van der Waals surface area contributed by atoms with Crippen LogP contribution in [0.4, 0.5) is 5.69 Å². The average Bonchev–Trinajstić information content (AvgIpc) is 3.18. The van der Waals surface area contributed by atoms with Gasteiger partial charge in [-0.1, -0.05) is 0 Å². The predicted octanol–water partition coefficient (Wildman–Crippen LogP) is 1.27. The summed E-state index contributed by atoms with van der Waals surface area (Å²) in [5, 5.41) is 7.48. The quantitative estimate of drug-likeness (QED) is 0.861. The molecule has 0 bridgehead atoms. The molecule has 1 aliphatic rings. The Morgan fingerprint density at radius 1 is 1.40 bits per heavy atom. The smallest absolute Gasteiger partial charge is 0.268 e. The van der Waals surface area contributed by atoms with E-state index in [-0.39, 0.29) is 5.56 Å². The second kappa shape index (κ2) is 5.48. The van der Waals surface area contributed by atoms with Gasteiger partial charge in [-0.3, -0.25) is 4.79 Å². The van der Waals surface area contributed by atoms with Gasteiger partial charge in [-0.15, -0.1) is 0 Å². The summed E-state index contributed by atoms with van der Waals surface area (Å²) in [4.78, 5) is 16.1. The van der Waals surface area contributed by atoms with E-state index in [0.717, 1.165) is 24.0 Å². The number of nitrogens with zero attached hydrogens (tertiary/aromatic N) is 4. The van der Waals surface area contributed by atoms with Crippen LogP contribution in [0.15, 0.2) is 29.5 Å². The molecule has 1 N–H and O–H groups in total. The van der Waals surface area contributed by atoms with Crippen LogP contribution in [0.5, 0.6) is 0 Å². The van der Waals surface area contributed by atoms with Gasteiger partial charge in [-0.2, -0.15) is 5.10 Å². The highest BCUT2D eigenvalue weighted by atomic mass is 16.1. The van der Waals surface area contributed by atoms with Gasteiger partial charge in [0.15, 0.2) is 0 Å². The van der Waals surface area contributed by atoms with Gasteiger partial charge in [0.25, 0.3) is 5.56 Å². The normalized spacial score (nSPS) is 14.4. The van der Waals surface area contributed by atoms with Gasteiger partial charge < -0.3 is 9.88 Å². The monoisotopic (exact) mass is 273 g/mol. The van der Waals surface area contributed by atoms with Gasteiger partial charge >= 0.3 is 0 Å². The van der Waals surface area contributed by atoms with Crippen molar-refractivity contribution in [2.75, 3.05) is 11.9 Å². The Morgan fingerprint density at radius 3 is 2.90 bits per heavy atom. The zero-order valence-electron chi connectivity index (χ0n) is 11.6. The van der Waals surface area contributed by atoms with Crippen molar-refractivity contribution in [3.8, 4) is 0 Å². The van der Waals surface area contributed by atoms with Crippen molar-refractivity contribution in [2.45, 2.75) is 32.9 Å². The van der Waals surface area contributed by atoms with Gasteiger partial charge in [0.1, 0.15) is 5.82 Å². The van der Waals surface area contributed by atoms with E-state index in [1.54, 1.807) is 18.5 Å². The third-order valence-electron chi connectivity index (χ3n) is 3.64. The number of imidazole rings is 1. The van der Waals surface area contributed by atoms with Crippen LogP contribution in [0.3, 0.4) is 0 Å². The van der Waals surface area contributed by atoms with E-state index in [0.29, 0.717) is 13.1 Å². The summed E-state index contributed by atoms with van der Waals surface area (Å²) < 4.78 is 3.50. The third kappa shape index (κ3) is 3.07. The number of aryl methyl sites for hydroxylation is 3. The summed E-state index contributed by atoms with van der Waals surface area (Å²) >= 11 is 0. The summed E-state index contributed by atoms with van der Waals surface area (Å²) in [6, 6.07) is 1.62. The molecule has 0 radical (unpaired) electrons.